The zero-order valence-electron chi connectivity index (χ0n) is 18.4. The lowest BCUT2D eigenvalue weighted by Gasteiger charge is -2.28. The van der Waals surface area contributed by atoms with Gasteiger partial charge in [-0.2, -0.15) is 0 Å². The number of carbonyl (C=O) groups is 1. The number of ketones is 1. The molecule has 0 aliphatic rings. The Morgan fingerprint density at radius 1 is 0.964 bits per heavy atom. The second-order valence-corrected chi connectivity index (χ2v) is 20.6. The molecule has 3 nitrogen and oxygen atoms in total. The van der Waals surface area contributed by atoms with Crippen LogP contribution in [0, 0.1) is 0 Å². The lowest BCUT2D eigenvalue weighted by atomic mass is 10.1. The van der Waals surface area contributed by atoms with E-state index in [0.29, 0.717) is 8.58 Å². The number of methoxy groups -OCH3 is 1. The Bertz CT molecular complexity index is 852. The third kappa shape index (κ3) is 5.63. The van der Waals surface area contributed by atoms with E-state index in [0.717, 1.165) is 16.6 Å². The highest BCUT2D eigenvalue weighted by atomic mass is 31.1. The Morgan fingerprint density at radius 3 is 2.14 bits per heavy atom. The standard InChI is InChI=1S/C22H33O3PSi2/c1-16(23)18-11-9-10-12-19(18)26-20-13-17(27(3,4)5)14-21(28(6,7)8)22(20)25-15-24-2/h9-14,26H,15H2,1-8H3. The molecule has 0 saturated heterocycles. The van der Waals surface area contributed by atoms with Crippen molar-refractivity contribution in [2.45, 2.75) is 46.2 Å². The summed E-state index contributed by atoms with van der Waals surface area (Å²) >= 11 is 0. The second-order valence-electron chi connectivity index (χ2n) is 9.18. The summed E-state index contributed by atoms with van der Waals surface area (Å²) in [5.41, 5.74) is 0.798. The Hall–Kier alpha value is -1.27. The van der Waals surface area contributed by atoms with Gasteiger partial charge >= 0.3 is 0 Å². The van der Waals surface area contributed by atoms with Crippen LogP contribution in [0.1, 0.15) is 17.3 Å². The first-order valence-corrected chi connectivity index (χ1v) is 17.6. The van der Waals surface area contributed by atoms with Gasteiger partial charge in [-0.1, -0.05) is 89.4 Å². The number of hydrogen-bond acceptors (Lipinski definition) is 3. The maximum absolute atomic E-state index is 12.1. The van der Waals surface area contributed by atoms with Gasteiger partial charge in [0.25, 0.3) is 0 Å². The molecule has 0 saturated carbocycles. The molecule has 2 rings (SSSR count). The van der Waals surface area contributed by atoms with Crippen molar-refractivity contribution in [1.29, 1.82) is 0 Å². The van der Waals surface area contributed by atoms with E-state index < -0.39 is 16.1 Å². The maximum atomic E-state index is 12.1. The first-order valence-electron chi connectivity index (χ1n) is 9.63. The van der Waals surface area contributed by atoms with Gasteiger partial charge in [-0.3, -0.25) is 4.79 Å². The van der Waals surface area contributed by atoms with Crippen LogP contribution in [0.5, 0.6) is 5.75 Å². The monoisotopic (exact) mass is 432 g/mol. The highest BCUT2D eigenvalue weighted by Crippen LogP contribution is 2.23. The minimum atomic E-state index is -1.64. The average molecular weight is 433 g/mol. The summed E-state index contributed by atoms with van der Waals surface area (Å²) in [6.07, 6.45) is 0. The number of ether oxygens (including phenoxy) is 2. The molecule has 0 spiro atoms. The van der Waals surface area contributed by atoms with Crippen molar-refractivity contribution >= 4 is 51.5 Å². The Balaban J connectivity index is 2.71. The summed E-state index contributed by atoms with van der Waals surface area (Å²) in [6, 6.07) is 12.6. The fourth-order valence-electron chi connectivity index (χ4n) is 3.03. The van der Waals surface area contributed by atoms with E-state index in [9.17, 15) is 4.79 Å². The first-order chi connectivity index (χ1) is 12.9. The van der Waals surface area contributed by atoms with Crippen molar-refractivity contribution in [2.75, 3.05) is 13.9 Å². The molecular weight excluding hydrogens is 399 g/mol. The zero-order chi connectivity index (χ0) is 21.1. The second kappa shape index (κ2) is 9.04. The Labute approximate surface area is 173 Å². The molecule has 0 radical (unpaired) electrons. The predicted molar refractivity (Wildman–Crippen MR) is 129 cm³/mol. The molecule has 1 unspecified atom stereocenters. The SMILES string of the molecule is COCOc1c(Pc2ccccc2C(C)=O)cc([Si](C)(C)C)cc1[Si](C)(C)C. The van der Waals surface area contributed by atoms with E-state index in [4.69, 9.17) is 9.47 Å². The third-order valence-corrected chi connectivity index (χ3v) is 10.0. The van der Waals surface area contributed by atoms with E-state index in [2.05, 4.69) is 57.5 Å². The van der Waals surface area contributed by atoms with E-state index in [1.807, 2.05) is 18.2 Å². The molecule has 0 aromatic heterocycles. The van der Waals surface area contributed by atoms with Crippen LogP contribution in [-0.4, -0.2) is 35.8 Å². The minimum Gasteiger partial charge on any atom is -0.467 e. The van der Waals surface area contributed by atoms with Gasteiger partial charge in [-0.15, -0.1) is 0 Å². The number of Topliss-reactive ketones (excluding diaryl/α,β-unsaturated/α-hetero) is 1. The normalized spacial score (nSPS) is 12.6. The highest BCUT2D eigenvalue weighted by molar-refractivity contribution is 7.56. The predicted octanol–water partition coefficient (Wildman–Crippen LogP) is 3.59. The molecule has 28 heavy (non-hydrogen) atoms. The Morgan fingerprint density at radius 2 is 1.61 bits per heavy atom. The van der Waals surface area contributed by atoms with Gasteiger partial charge in [0.1, 0.15) is 5.75 Å². The molecule has 0 aliphatic heterocycles. The van der Waals surface area contributed by atoms with E-state index in [-0.39, 0.29) is 12.6 Å². The quantitative estimate of drug-likeness (QED) is 0.277. The fourth-order valence-corrected chi connectivity index (χ4v) is 7.49. The number of carbonyl (C=O) groups excluding carboxylic acids is 1. The van der Waals surface area contributed by atoms with Crippen molar-refractivity contribution < 1.29 is 14.3 Å². The van der Waals surface area contributed by atoms with Crippen molar-refractivity contribution in [3.63, 3.8) is 0 Å². The summed E-state index contributed by atoms with van der Waals surface area (Å²) in [4.78, 5) is 12.1. The number of benzene rings is 2. The molecule has 152 valence electrons. The molecule has 6 heteroatoms. The molecule has 1 atom stereocenters. The molecule has 0 bridgehead atoms. The lowest BCUT2D eigenvalue weighted by Crippen LogP contribution is -2.48. The Kier molecular flexibility index (Phi) is 7.43. The van der Waals surface area contributed by atoms with Crippen molar-refractivity contribution in [1.82, 2.24) is 0 Å². The molecule has 2 aromatic rings. The average Bonchev–Trinajstić information content (AvgIpc) is 2.58. The van der Waals surface area contributed by atoms with Gasteiger partial charge in [0.2, 0.25) is 0 Å². The lowest BCUT2D eigenvalue weighted by molar-refractivity contribution is 0.0526. The topological polar surface area (TPSA) is 35.5 Å². The number of rotatable bonds is 8. The van der Waals surface area contributed by atoms with Crippen molar-refractivity contribution in [3.05, 3.63) is 42.0 Å². The molecule has 0 heterocycles. The zero-order valence-corrected chi connectivity index (χ0v) is 21.4. The van der Waals surface area contributed by atoms with Crippen LogP contribution in [0.15, 0.2) is 36.4 Å². The molecule has 0 N–H and O–H groups in total. The van der Waals surface area contributed by atoms with Gasteiger partial charge in [0, 0.05) is 18.0 Å². The third-order valence-electron chi connectivity index (χ3n) is 4.66. The summed E-state index contributed by atoms with van der Waals surface area (Å²) in [7, 11) is -1.13. The van der Waals surface area contributed by atoms with Crippen LogP contribution in [-0.2, 0) is 4.74 Å². The van der Waals surface area contributed by atoms with Crippen LogP contribution in [0.4, 0.5) is 0 Å². The summed E-state index contributed by atoms with van der Waals surface area (Å²) in [5, 5.41) is 5.04. The molecule has 0 amide bonds. The number of hydrogen-bond donors (Lipinski definition) is 0. The maximum Gasteiger partial charge on any atom is 0.188 e. The van der Waals surface area contributed by atoms with Gasteiger partial charge in [0.05, 0.1) is 16.1 Å². The highest BCUT2D eigenvalue weighted by Gasteiger charge is 2.28. The van der Waals surface area contributed by atoms with Crippen molar-refractivity contribution in [3.8, 4) is 5.75 Å². The van der Waals surface area contributed by atoms with Gasteiger partial charge < -0.3 is 9.47 Å². The fraction of sp³-hybridized carbons (Fsp3) is 0.409. The minimum absolute atomic E-state index is 0.106. The van der Waals surface area contributed by atoms with Gasteiger partial charge in [-0.25, -0.2) is 0 Å². The van der Waals surface area contributed by atoms with E-state index >= 15 is 0 Å². The van der Waals surface area contributed by atoms with Crippen LogP contribution < -0.4 is 25.7 Å². The molecular formula is C22H33O3PSi2. The summed E-state index contributed by atoms with van der Waals surface area (Å²) < 4.78 is 11.4. The van der Waals surface area contributed by atoms with Crippen LogP contribution >= 0.6 is 8.58 Å². The van der Waals surface area contributed by atoms with E-state index in [1.165, 1.54) is 15.7 Å². The molecule has 2 aromatic carbocycles. The first kappa shape index (κ1) is 23.0. The van der Waals surface area contributed by atoms with Crippen LogP contribution in [0.3, 0.4) is 0 Å². The van der Waals surface area contributed by atoms with E-state index in [1.54, 1.807) is 14.0 Å². The van der Waals surface area contributed by atoms with Gasteiger partial charge in [0.15, 0.2) is 12.6 Å². The van der Waals surface area contributed by atoms with Crippen molar-refractivity contribution in [2.24, 2.45) is 0 Å². The smallest absolute Gasteiger partial charge is 0.188 e. The summed E-state index contributed by atoms with van der Waals surface area (Å²) in [6.45, 7) is 16.1. The molecule has 0 fully saturated rings. The van der Waals surface area contributed by atoms with Crippen LogP contribution in [0.25, 0.3) is 0 Å². The largest absolute Gasteiger partial charge is 0.467 e. The summed E-state index contributed by atoms with van der Waals surface area (Å²) in [5.74, 6) is 1.06. The van der Waals surface area contributed by atoms with Gasteiger partial charge in [-0.05, 0) is 17.4 Å². The molecule has 0 aliphatic carbocycles. The van der Waals surface area contributed by atoms with Crippen LogP contribution in [0.2, 0.25) is 39.3 Å².